The van der Waals surface area contributed by atoms with Gasteiger partial charge in [-0.2, -0.15) is 0 Å². The number of rotatable bonds is 11. The Kier molecular flexibility index (Phi) is 8.56. The lowest BCUT2D eigenvalue weighted by molar-refractivity contribution is 0.363. The standard InChI is InChI=1S/C19H34N2/c1-5-7-9-10-12-14-19(4,13-11-8-6-2)18-15-20-17(3)21-16-18/h15-16H,5-14H2,1-4H3. The maximum absolute atomic E-state index is 4.42. The van der Waals surface area contributed by atoms with Gasteiger partial charge in [0.1, 0.15) is 5.82 Å². The highest BCUT2D eigenvalue weighted by Gasteiger charge is 2.26. The number of hydrogen-bond donors (Lipinski definition) is 0. The van der Waals surface area contributed by atoms with Crippen LogP contribution in [0.4, 0.5) is 0 Å². The summed E-state index contributed by atoms with van der Waals surface area (Å²) in [7, 11) is 0. The first kappa shape index (κ1) is 18.1. The number of aryl methyl sites for hydroxylation is 1. The van der Waals surface area contributed by atoms with Crippen molar-refractivity contribution in [3.8, 4) is 0 Å². The molecule has 2 heteroatoms. The molecule has 0 aromatic carbocycles. The molecule has 0 spiro atoms. The summed E-state index contributed by atoms with van der Waals surface area (Å²) in [6.45, 7) is 8.93. The fraction of sp³-hybridized carbons (Fsp3) is 0.789. The van der Waals surface area contributed by atoms with Crippen molar-refractivity contribution in [2.24, 2.45) is 0 Å². The zero-order valence-corrected chi connectivity index (χ0v) is 14.6. The molecule has 2 nitrogen and oxygen atoms in total. The Morgan fingerprint density at radius 3 is 1.86 bits per heavy atom. The van der Waals surface area contributed by atoms with Gasteiger partial charge in [0.15, 0.2) is 0 Å². The van der Waals surface area contributed by atoms with Gasteiger partial charge >= 0.3 is 0 Å². The average molecular weight is 290 g/mol. The first-order chi connectivity index (χ1) is 10.1. The summed E-state index contributed by atoms with van der Waals surface area (Å²) in [5, 5.41) is 0. The molecule has 1 atom stereocenters. The van der Waals surface area contributed by atoms with Gasteiger partial charge in [0.2, 0.25) is 0 Å². The molecule has 1 aromatic heterocycles. The van der Waals surface area contributed by atoms with Gasteiger partial charge in [-0.3, -0.25) is 0 Å². The van der Waals surface area contributed by atoms with Crippen molar-refractivity contribution in [2.45, 2.75) is 97.3 Å². The SMILES string of the molecule is CCCCCCCC(C)(CCCCC)c1cnc(C)nc1. The van der Waals surface area contributed by atoms with Gasteiger partial charge < -0.3 is 0 Å². The molecule has 0 N–H and O–H groups in total. The summed E-state index contributed by atoms with van der Waals surface area (Å²) in [4.78, 5) is 8.84. The molecule has 1 heterocycles. The van der Waals surface area contributed by atoms with Gasteiger partial charge in [-0.25, -0.2) is 9.97 Å². The van der Waals surface area contributed by atoms with Crippen molar-refractivity contribution in [1.82, 2.24) is 9.97 Å². The highest BCUT2D eigenvalue weighted by atomic mass is 14.8. The zero-order valence-electron chi connectivity index (χ0n) is 14.6. The lowest BCUT2D eigenvalue weighted by Crippen LogP contribution is -2.23. The minimum atomic E-state index is 0.259. The van der Waals surface area contributed by atoms with E-state index in [9.17, 15) is 0 Å². The maximum Gasteiger partial charge on any atom is 0.125 e. The van der Waals surface area contributed by atoms with E-state index in [2.05, 4.69) is 43.1 Å². The molecule has 120 valence electrons. The van der Waals surface area contributed by atoms with E-state index in [-0.39, 0.29) is 5.41 Å². The van der Waals surface area contributed by atoms with Crippen LogP contribution >= 0.6 is 0 Å². The minimum Gasteiger partial charge on any atom is -0.241 e. The summed E-state index contributed by atoms with van der Waals surface area (Å²) in [5.74, 6) is 0.873. The molecule has 1 aromatic rings. The molecule has 0 radical (unpaired) electrons. The van der Waals surface area contributed by atoms with Crippen LogP contribution in [-0.4, -0.2) is 9.97 Å². The van der Waals surface area contributed by atoms with Crippen LogP contribution in [0.1, 0.15) is 96.4 Å². The van der Waals surface area contributed by atoms with E-state index in [4.69, 9.17) is 0 Å². The van der Waals surface area contributed by atoms with Crippen LogP contribution in [0.15, 0.2) is 12.4 Å². The smallest absolute Gasteiger partial charge is 0.125 e. The molecule has 0 saturated carbocycles. The lowest BCUT2D eigenvalue weighted by atomic mass is 9.75. The van der Waals surface area contributed by atoms with Crippen LogP contribution in [0, 0.1) is 6.92 Å². The van der Waals surface area contributed by atoms with Crippen molar-refractivity contribution in [3.63, 3.8) is 0 Å². The highest BCUT2D eigenvalue weighted by molar-refractivity contribution is 5.18. The summed E-state index contributed by atoms with van der Waals surface area (Å²) in [5.41, 5.74) is 1.59. The zero-order chi connectivity index (χ0) is 15.6. The molecule has 0 aliphatic heterocycles. The van der Waals surface area contributed by atoms with Crippen molar-refractivity contribution in [1.29, 1.82) is 0 Å². The van der Waals surface area contributed by atoms with E-state index in [0.29, 0.717) is 0 Å². The molecule has 21 heavy (non-hydrogen) atoms. The van der Waals surface area contributed by atoms with Gasteiger partial charge in [-0.1, -0.05) is 72.1 Å². The molecule has 0 saturated heterocycles. The molecule has 0 fully saturated rings. The lowest BCUT2D eigenvalue weighted by Gasteiger charge is -2.30. The van der Waals surface area contributed by atoms with Gasteiger partial charge in [0.05, 0.1) is 0 Å². The summed E-state index contributed by atoms with van der Waals surface area (Å²) < 4.78 is 0. The Morgan fingerprint density at radius 2 is 1.29 bits per heavy atom. The Balaban J connectivity index is 2.62. The van der Waals surface area contributed by atoms with Gasteiger partial charge in [-0.15, -0.1) is 0 Å². The second kappa shape index (κ2) is 9.92. The fourth-order valence-electron chi connectivity index (χ4n) is 3.00. The Bertz CT molecular complexity index is 372. The topological polar surface area (TPSA) is 25.8 Å². The molecular weight excluding hydrogens is 256 g/mol. The fourth-order valence-corrected chi connectivity index (χ4v) is 3.00. The van der Waals surface area contributed by atoms with Crippen LogP contribution in [-0.2, 0) is 5.41 Å². The Morgan fingerprint density at radius 1 is 0.810 bits per heavy atom. The molecule has 0 bridgehead atoms. The Hall–Kier alpha value is -0.920. The third-order valence-electron chi connectivity index (χ3n) is 4.64. The molecule has 0 amide bonds. The monoisotopic (exact) mass is 290 g/mol. The molecule has 0 aliphatic rings. The molecular formula is C19H34N2. The number of aromatic nitrogens is 2. The quantitative estimate of drug-likeness (QED) is 0.468. The summed E-state index contributed by atoms with van der Waals surface area (Å²) in [6.07, 6.45) is 17.4. The normalized spacial score (nSPS) is 14.1. The number of hydrogen-bond acceptors (Lipinski definition) is 2. The van der Waals surface area contributed by atoms with Gasteiger partial charge in [-0.05, 0) is 30.7 Å². The van der Waals surface area contributed by atoms with Crippen molar-refractivity contribution < 1.29 is 0 Å². The third kappa shape index (κ3) is 6.58. The van der Waals surface area contributed by atoms with Crippen LogP contribution in [0.2, 0.25) is 0 Å². The predicted octanol–water partition coefficient (Wildman–Crippen LogP) is 5.98. The van der Waals surface area contributed by atoms with Gasteiger partial charge in [0.25, 0.3) is 0 Å². The predicted molar refractivity (Wildman–Crippen MR) is 91.6 cm³/mol. The minimum absolute atomic E-state index is 0.259. The van der Waals surface area contributed by atoms with Gasteiger partial charge in [0, 0.05) is 12.4 Å². The average Bonchev–Trinajstić information content (AvgIpc) is 2.48. The Labute approximate surface area is 131 Å². The first-order valence-electron chi connectivity index (χ1n) is 8.91. The molecule has 0 aliphatic carbocycles. The number of nitrogens with zero attached hydrogens (tertiary/aromatic N) is 2. The van der Waals surface area contributed by atoms with Crippen LogP contribution < -0.4 is 0 Å². The van der Waals surface area contributed by atoms with E-state index in [1.165, 1.54) is 69.8 Å². The van der Waals surface area contributed by atoms with E-state index in [0.717, 1.165) is 5.82 Å². The highest BCUT2D eigenvalue weighted by Crippen LogP contribution is 2.34. The number of unbranched alkanes of at least 4 members (excludes halogenated alkanes) is 6. The van der Waals surface area contributed by atoms with Crippen molar-refractivity contribution >= 4 is 0 Å². The second-order valence-electron chi connectivity index (χ2n) is 6.70. The second-order valence-corrected chi connectivity index (χ2v) is 6.70. The molecule has 1 unspecified atom stereocenters. The van der Waals surface area contributed by atoms with E-state index < -0.39 is 0 Å². The van der Waals surface area contributed by atoms with E-state index in [1.54, 1.807) is 0 Å². The van der Waals surface area contributed by atoms with Crippen molar-refractivity contribution in [3.05, 3.63) is 23.8 Å². The van der Waals surface area contributed by atoms with Crippen LogP contribution in [0.3, 0.4) is 0 Å². The third-order valence-corrected chi connectivity index (χ3v) is 4.64. The van der Waals surface area contributed by atoms with Crippen molar-refractivity contribution in [2.75, 3.05) is 0 Å². The molecule has 1 rings (SSSR count). The van der Waals surface area contributed by atoms with E-state index >= 15 is 0 Å². The maximum atomic E-state index is 4.42. The summed E-state index contributed by atoms with van der Waals surface area (Å²) >= 11 is 0. The largest absolute Gasteiger partial charge is 0.241 e. The van der Waals surface area contributed by atoms with Crippen LogP contribution in [0.5, 0.6) is 0 Å². The summed E-state index contributed by atoms with van der Waals surface area (Å²) in [6, 6.07) is 0. The van der Waals surface area contributed by atoms with E-state index in [1.807, 2.05) is 6.92 Å². The first-order valence-corrected chi connectivity index (χ1v) is 8.91. The van der Waals surface area contributed by atoms with Crippen LogP contribution in [0.25, 0.3) is 0 Å².